The van der Waals surface area contributed by atoms with Gasteiger partial charge in [-0.15, -0.1) is 10.2 Å². The Morgan fingerprint density at radius 1 is 1.44 bits per heavy atom. The van der Waals surface area contributed by atoms with E-state index in [1.165, 1.54) is 0 Å². The number of hydrogen-bond acceptors (Lipinski definition) is 4. The third-order valence-electron chi connectivity index (χ3n) is 2.99. The van der Waals surface area contributed by atoms with Gasteiger partial charge in [0.25, 0.3) is 0 Å². The van der Waals surface area contributed by atoms with E-state index in [1.54, 1.807) is 10.8 Å². The van der Waals surface area contributed by atoms with Gasteiger partial charge in [0.05, 0.1) is 5.69 Å². The molecule has 0 bridgehead atoms. The lowest BCUT2D eigenvalue weighted by molar-refractivity contribution is -0.120. The number of rotatable bonds is 4. The van der Waals surface area contributed by atoms with Crippen LogP contribution in [0.2, 0.25) is 0 Å². The Bertz CT molecular complexity index is 575. The average molecular weight is 247 g/mol. The lowest BCUT2D eigenvalue weighted by Gasteiger charge is -2.09. The third-order valence-corrected chi connectivity index (χ3v) is 2.99. The van der Waals surface area contributed by atoms with Gasteiger partial charge in [-0.1, -0.05) is 0 Å². The lowest BCUT2D eigenvalue weighted by atomic mass is 10.0. The number of carbonyl (C=O) groups excluding carboxylic acids is 1. The molecule has 0 atom stereocenters. The second kappa shape index (κ2) is 5.12. The summed E-state index contributed by atoms with van der Waals surface area (Å²) >= 11 is 0. The Morgan fingerprint density at radius 2 is 2.22 bits per heavy atom. The molecule has 96 valence electrons. The van der Waals surface area contributed by atoms with Crippen molar-refractivity contribution in [2.45, 2.75) is 33.6 Å². The first-order valence-electron chi connectivity index (χ1n) is 6.06. The number of hydrogen-bond donors (Lipinski definition) is 1. The van der Waals surface area contributed by atoms with Crippen molar-refractivity contribution in [1.29, 1.82) is 0 Å². The molecule has 0 spiro atoms. The first-order chi connectivity index (χ1) is 8.63. The molecule has 0 aliphatic rings. The summed E-state index contributed by atoms with van der Waals surface area (Å²) in [4.78, 5) is 11.5. The van der Waals surface area contributed by atoms with Gasteiger partial charge >= 0.3 is 0 Å². The number of aromatic nitrogens is 4. The number of fused-ring (bicyclic) bond motifs is 1. The minimum Gasteiger partial charge on any atom is -0.356 e. The predicted octanol–water partition coefficient (Wildman–Crippen LogP) is 0.810. The zero-order valence-electron chi connectivity index (χ0n) is 10.9. The van der Waals surface area contributed by atoms with E-state index < -0.39 is 0 Å². The molecule has 6 heteroatoms. The van der Waals surface area contributed by atoms with Crippen molar-refractivity contribution in [3.8, 4) is 0 Å². The fourth-order valence-electron chi connectivity index (χ4n) is 2.07. The maximum absolute atomic E-state index is 11.5. The van der Waals surface area contributed by atoms with Crippen LogP contribution in [0, 0.1) is 13.8 Å². The zero-order chi connectivity index (χ0) is 13.1. The lowest BCUT2D eigenvalue weighted by Crippen LogP contribution is -2.23. The van der Waals surface area contributed by atoms with Crippen LogP contribution in [-0.4, -0.2) is 32.3 Å². The summed E-state index contributed by atoms with van der Waals surface area (Å²) in [6.07, 6.45) is 2.74. The van der Waals surface area contributed by atoms with Crippen LogP contribution in [0.1, 0.15) is 30.2 Å². The first kappa shape index (κ1) is 12.5. The molecule has 0 saturated carbocycles. The van der Waals surface area contributed by atoms with Gasteiger partial charge in [-0.2, -0.15) is 5.10 Å². The van der Waals surface area contributed by atoms with Crippen LogP contribution >= 0.6 is 0 Å². The Kier molecular flexibility index (Phi) is 3.55. The molecule has 0 aromatic carbocycles. The van der Waals surface area contributed by atoms with E-state index in [1.807, 2.05) is 20.8 Å². The van der Waals surface area contributed by atoms with Crippen LogP contribution in [0.25, 0.3) is 5.65 Å². The molecule has 0 saturated heterocycles. The first-order valence-corrected chi connectivity index (χ1v) is 6.06. The van der Waals surface area contributed by atoms with Crippen molar-refractivity contribution in [2.24, 2.45) is 0 Å². The molecule has 0 radical (unpaired) electrons. The summed E-state index contributed by atoms with van der Waals surface area (Å²) in [5.74, 6) is 0.0673. The number of nitrogens with zero attached hydrogens (tertiary/aromatic N) is 4. The van der Waals surface area contributed by atoms with Crippen LogP contribution in [0.15, 0.2) is 6.33 Å². The highest BCUT2D eigenvalue weighted by atomic mass is 16.1. The van der Waals surface area contributed by atoms with Crippen molar-refractivity contribution < 1.29 is 4.79 Å². The van der Waals surface area contributed by atoms with E-state index >= 15 is 0 Å². The van der Waals surface area contributed by atoms with Gasteiger partial charge in [-0.3, -0.25) is 4.79 Å². The predicted molar refractivity (Wildman–Crippen MR) is 67.3 cm³/mol. The van der Waals surface area contributed by atoms with Crippen molar-refractivity contribution in [3.63, 3.8) is 0 Å². The van der Waals surface area contributed by atoms with Crippen molar-refractivity contribution >= 4 is 11.6 Å². The minimum atomic E-state index is 0.0673. The smallest absolute Gasteiger partial charge is 0.220 e. The molecule has 0 unspecified atom stereocenters. The zero-order valence-corrected chi connectivity index (χ0v) is 10.9. The maximum Gasteiger partial charge on any atom is 0.220 e. The Hall–Kier alpha value is -1.98. The topological polar surface area (TPSA) is 72.2 Å². The standard InChI is InChI=1S/C12H17N5O/c1-4-13-11(18)6-5-10-8(2)12-15-14-7-17(12)16-9(10)3/h7H,4-6H2,1-3H3,(H,13,18). The Morgan fingerprint density at radius 3 is 2.94 bits per heavy atom. The Labute approximate surface area is 105 Å². The van der Waals surface area contributed by atoms with Crippen LogP contribution in [0.3, 0.4) is 0 Å². The van der Waals surface area contributed by atoms with E-state index in [2.05, 4.69) is 20.6 Å². The highest BCUT2D eigenvalue weighted by Crippen LogP contribution is 2.17. The molecule has 0 aliphatic heterocycles. The normalized spacial score (nSPS) is 10.8. The summed E-state index contributed by atoms with van der Waals surface area (Å²) < 4.78 is 1.67. The van der Waals surface area contributed by atoms with Crippen LogP contribution in [-0.2, 0) is 11.2 Å². The molecular formula is C12H17N5O. The van der Waals surface area contributed by atoms with E-state index in [4.69, 9.17) is 0 Å². The second-order valence-corrected chi connectivity index (χ2v) is 4.24. The molecular weight excluding hydrogens is 230 g/mol. The molecule has 2 aromatic heterocycles. The minimum absolute atomic E-state index is 0.0673. The molecule has 6 nitrogen and oxygen atoms in total. The van der Waals surface area contributed by atoms with Crippen LogP contribution < -0.4 is 5.32 Å². The number of aryl methyl sites for hydroxylation is 2. The highest BCUT2D eigenvalue weighted by molar-refractivity contribution is 5.76. The van der Waals surface area contributed by atoms with E-state index in [0.717, 1.165) is 22.5 Å². The number of amides is 1. The molecule has 2 aromatic rings. The van der Waals surface area contributed by atoms with Gasteiger partial charge in [0.15, 0.2) is 5.65 Å². The summed E-state index contributed by atoms with van der Waals surface area (Å²) in [6, 6.07) is 0. The van der Waals surface area contributed by atoms with Gasteiger partial charge in [0.1, 0.15) is 6.33 Å². The van der Waals surface area contributed by atoms with Gasteiger partial charge in [-0.25, -0.2) is 4.52 Å². The fraction of sp³-hybridized carbons (Fsp3) is 0.500. The van der Waals surface area contributed by atoms with Crippen LogP contribution in [0.5, 0.6) is 0 Å². The molecule has 2 rings (SSSR count). The van der Waals surface area contributed by atoms with Crippen molar-refractivity contribution in [2.75, 3.05) is 6.54 Å². The highest BCUT2D eigenvalue weighted by Gasteiger charge is 2.12. The maximum atomic E-state index is 11.5. The largest absolute Gasteiger partial charge is 0.356 e. The van der Waals surface area contributed by atoms with E-state index in [-0.39, 0.29) is 5.91 Å². The van der Waals surface area contributed by atoms with E-state index in [0.29, 0.717) is 19.4 Å². The molecule has 0 aliphatic carbocycles. The molecule has 1 N–H and O–H groups in total. The molecule has 18 heavy (non-hydrogen) atoms. The SMILES string of the molecule is CCNC(=O)CCc1c(C)nn2cnnc2c1C. The number of nitrogens with one attached hydrogen (secondary N) is 1. The second-order valence-electron chi connectivity index (χ2n) is 4.24. The summed E-state index contributed by atoms with van der Waals surface area (Å²) in [5.41, 5.74) is 3.81. The van der Waals surface area contributed by atoms with Crippen molar-refractivity contribution in [3.05, 3.63) is 23.1 Å². The van der Waals surface area contributed by atoms with Gasteiger partial charge in [0.2, 0.25) is 5.91 Å². The summed E-state index contributed by atoms with van der Waals surface area (Å²) in [7, 11) is 0. The third kappa shape index (κ3) is 2.32. The molecule has 0 fully saturated rings. The van der Waals surface area contributed by atoms with Crippen LogP contribution in [0.4, 0.5) is 0 Å². The number of carbonyl (C=O) groups is 1. The van der Waals surface area contributed by atoms with Gasteiger partial charge in [0, 0.05) is 18.5 Å². The average Bonchev–Trinajstić information content (AvgIpc) is 2.77. The molecule has 1 amide bonds. The fourth-order valence-corrected chi connectivity index (χ4v) is 2.07. The van der Waals surface area contributed by atoms with Crippen molar-refractivity contribution in [1.82, 2.24) is 25.1 Å². The van der Waals surface area contributed by atoms with Gasteiger partial charge in [-0.05, 0) is 32.8 Å². The van der Waals surface area contributed by atoms with Gasteiger partial charge < -0.3 is 5.32 Å². The summed E-state index contributed by atoms with van der Waals surface area (Å²) in [6.45, 7) is 6.52. The monoisotopic (exact) mass is 247 g/mol. The van der Waals surface area contributed by atoms with E-state index in [9.17, 15) is 4.79 Å². The molecule has 2 heterocycles. The quantitative estimate of drug-likeness (QED) is 0.867. The Balaban J connectivity index is 2.24. The summed E-state index contributed by atoms with van der Waals surface area (Å²) in [5, 5.41) is 15.0.